The fourth-order valence-electron chi connectivity index (χ4n) is 9.17. The monoisotopic (exact) mass is 779 g/mol. The molecule has 0 fully saturated rings. The number of hydrogen-bond donors (Lipinski definition) is 0. The van der Waals surface area contributed by atoms with E-state index in [2.05, 4.69) is 228 Å². The van der Waals surface area contributed by atoms with Crippen LogP contribution in [0.2, 0.25) is 0 Å². The van der Waals surface area contributed by atoms with Crippen LogP contribution < -0.4 is 4.90 Å². The zero-order valence-electron chi connectivity index (χ0n) is 33.1. The third-order valence-electron chi connectivity index (χ3n) is 12.0. The molecule has 2 aromatic heterocycles. The molecule has 0 aliphatic carbocycles. The van der Waals surface area contributed by atoms with E-state index in [-0.39, 0.29) is 0 Å². The van der Waals surface area contributed by atoms with E-state index in [0.717, 1.165) is 77.9 Å². The zero-order chi connectivity index (χ0) is 40.3. The Morgan fingerprint density at radius 1 is 0.410 bits per heavy atom. The highest BCUT2D eigenvalue weighted by Crippen LogP contribution is 2.46. The van der Waals surface area contributed by atoms with Gasteiger partial charge in [-0.15, -0.1) is 0 Å². The maximum Gasteiger partial charge on any atom is 0.228 e. The Kier molecular flexibility index (Phi) is 8.13. The minimum atomic E-state index is 0.593. The summed E-state index contributed by atoms with van der Waals surface area (Å²) in [7, 11) is 0. The van der Waals surface area contributed by atoms with Gasteiger partial charge in [0.25, 0.3) is 0 Å². The first-order valence-corrected chi connectivity index (χ1v) is 20.7. The fraction of sp³-hybridized carbons (Fsp3) is 0. The zero-order valence-corrected chi connectivity index (χ0v) is 33.1. The van der Waals surface area contributed by atoms with Gasteiger partial charge in [-0.25, -0.2) is 4.98 Å². The average Bonchev–Trinajstić information content (AvgIpc) is 3.92. The summed E-state index contributed by atoms with van der Waals surface area (Å²) in [6.45, 7) is 0. The maximum atomic E-state index is 6.97. The van der Waals surface area contributed by atoms with Gasteiger partial charge in [0.15, 0.2) is 5.58 Å². The highest BCUT2D eigenvalue weighted by atomic mass is 16.3. The maximum absolute atomic E-state index is 6.97. The lowest BCUT2D eigenvalue weighted by Gasteiger charge is -2.27. The van der Waals surface area contributed by atoms with Crippen molar-refractivity contribution >= 4 is 71.5 Å². The molecule has 0 radical (unpaired) electrons. The summed E-state index contributed by atoms with van der Waals surface area (Å²) >= 11 is 0. The van der Waals surface area contributed by atoms with Crippen molar-refractivity contribution in [1.29, 1.82) is 0 Å². The van der Waals surface area contributed by atoms with Crippen molar-refractivity contribution in [3.05, 3.63) is 224 Å². The molecule has 0 bridgehead atoms. The van der Waals surface area contributed by atoms with Crippen molar-refractivity contribution < 1.29 is 4.42 Å². The van der Waals surface area contributed by atoms with E-state index >= 15 is 0 Å². The number of benzene rings is 10. The molecular formula is C57H37N3O. The number of fused-ring (bicyclic) bond motifs is 7. The summed E-state index contributed by atoms with van der Waals surface area (Å²) in [6.07, 6.45) is 0. The van der Waals surface area contributed by atoms with Crippen molar-refractivity contribution in [1.82, 2.24) is 9.55 Å². The minimum Gasteiger partial charge on any atom is -0.434 e. The summed E-state index contributed by atoms with van der Waals surface area (Å²) < 4.78 is 9.36. The molecule has 0 aliphatic heterocycles. The van der Waals surface area contributed by atoms with Crippen LogP contribution >= 0.6 is 0 Å². The third kappa shape index (κ3) is 5.88. The van der Waals surface area contributed by atoms with Gasteiger partial charge in [0.2, 0.25) is 5.89 Å². The van der Waals surface area contributed by atoms with Crippen molar-refractivity contribution in [3.63, 3.8) is 0 Å². The van der Waals surface area contributed by atoms with Gasteiger partial charge in [-0.05, 0) is 117 Å². The van der Waals surface area contributed by atoms with Gasteiger partial charge in [0.1, 0.15) is 5.52 Å². The van der Waals surface area contributed by atoms with Crippen LogP contribution in [0.15, 0.2) is 229 Å². The average molecular weight is 780 g/mol. The van der Waals surface area contributed by atoms with Crippen molar-refractivity contribution in [2.45, 2.75) is 0 Å². The Morgan fingerprint density at radius 2 is 1.02 bits per heavy atom. The topological polar surface area (TPSA) is 34.2 Å². The minimum absolute atomic E-state index is 0.593. The molecule has 0 amide bonds. The van der Waals surface area contributed by atoms with Crippen LogP contribution in [0, 0.1) is 0 Å². The van der Waals surface area contributed by atoms with Crippen LogP contribution in [0.1, 0.15) is 0 Å². The quantitative estimate of drug-likeness (QED) is 0.162. The molecule has 2 heterocycles. The fourth-order valence-corrected chi connectivity index (χ4v) is 9.17. The van der Waals surface area contributed by atoms with Crippen molar-refractivity contribution in [2.24, 2.45) is 0 Å². The molecule has 0 spiro atoms. The van der Waals surface area contributed by atoms with Gasteiger partial charge in [-0.2, -0.15) is 0 Å². The molecule has 61 heavy (non-hydrogen) atoms. The number of hydrogen-bond acceptors (Lipinski definition) is 3. The lowest BCUT2D eigenvalue weighted by Crippen LogP contribution is -2.11. The second-order valence-corrected chi connectivity index (χ2v) is 15.6. The molecule has 4 nitrogen and oxygen atoms in total. The lowest BCUT2D eigenvalue weighted by molar-refractivity contribution is 0.621. The molecule has 0 unspecified atom stereocenters. The van der Waals surface area contributed by atoms with Gasteiger partial charge in [-0.3, -0.25) is 0 Å². The van der Waals surface area contributed by atoms with Crippen molar-refractivity contribution in [3.8, 4) is 39.4 Å². The number of nitrogens with zero attached hydrogens (tertiary/aromatic N) is 3. The van der Waals surface area contributed by atoms with Gasteiger partial charge in [-0.1, -0.05) is 152 Å². The Hall–Kier alpha value is -8.21. The van der Waals surface area contributed by atoms with E-state index in [9.17, 15) is 0 Å². The number of rotatable bonds is 7. The largest absolute Gasteiger partial charge is 0.434 e. The molecule has 10 aromatic carbocycles. The molecule has 286 valence electrons. The van der Waals surface area contributed by atoms with Crippen molar-refractivity contribution in [2.75, 3.05) is 4.90 Å². The molecule has 0 saturated heterocycles. The summed E-state index contributed by atoms with van der Waals surface area (Å²) in [6, 6.07) is 80.0. The van der Waals surface area contributed by atoms with E-state index in [1.807, 2.05) is 6.07 Å². The first-order valence-electron chi connectivity index (χ1n) is 20.7. The molecule has 4 heteroatoms. The van der Waals surface area contributed by atoms with Gasteiger partial charge < -0.3 is 13.9 Å². The summed E-state index contributed by atoms with van der Waals surface area (Å²) in [5.41, 5.74) is 13.3. The van der Waals surface area contributed by atoms with Crippen LogP contribution in [0.25, 0.3) is 93.8 Å². The molecule has 12 aromatic rings. The number of oxazole rings is 1. The van der Waals surface area contributed by atoms with Gasteiger partial charge in [0, 0.05) is 33.4 Å². The highest BCUT2D eigenvalue weighted by Gasteiger charge is 2.24. The summed E-state index contributed by atoms with van der Waals surface area (Å²) in [5.74, 6) is 0.593. The first kappa shape index (κ1) is 34.8. The van der Waals surface area contributed by atoms with E-state index in [1.54, 1.807) is 0 Å². The van der Waals surface area contributed by atoms with Gasteiger partial charge in [0.05, 0.1) is 16.7 Å². The standard InChI is InChI=1S/C57H37N3O/c1-4-16-38(17-5-1)42-34-43(39-18-6-2-7-19-39)36-46(35-42)59(54-29-15-28-51-56(54)61-57(58-51)49-27-14-22-40-20-10-12-25-47(40)49)45-31-33-52-50(37-45)55-48-26-13-11-21-41(48)30-32-53(55)60(52)44-23-8-3-9-24-44/h1-37H. The third-order valence-corrected chi connectivity index (χ3v) is 12.0. The predicted octanol–water partition coefficient (Wildman–Crippen LogP) is 15.7. The second-order valence-electron chi connectivity index (χ2n) is 15.6. The van der Waals surface area contributed by atoms with Crippen LogP contribution in [0.5, 0.6) is 0 Å². The summed E-state index contributed by atoms with van der Waals surface area (Å²) in [5, 5.41) is 7.06. The molecule has 0 N–H and O–H groups in total. The second kappa shape index (κ2) is 14.3. The Morgan fingerprint density at radius 3 is 1.75 bits per heavy atom. The Bertz CT molecular complexity index is 3530. The Balaban J connectivity index is 1.16. The summed E-state index contributed by atoms with van der Waals surface area (Å²) in [4.78, 5) is 7.52. The van der Waals surface area contributed by atoms with E-state index in [4.69, 9.17) is 9.40 Å². The number of para-hydroxylation sites is 2. The van der Waals surface area contributed by atoms with Crippen LogP contribution in [0.3, 0.4) is 0 Å². The molecular weight excluding hydrogens is 743 g/mol. The lowest BCUT2D eigenvalue weighted by atomic mass is 9.97. The van der Waals surface area contributed by atoms with E-state index < -0.39 is 0 Å². The van der Waals surface area contributed by atoms with Crippen LogP contribution in [0.4, 0.5) is 17.1 Å². The molecule has 0 saturated carbocycles. The smallest absolute Gasteiger partial charge is 0.228 e. The number of aromatic nitrogens is 2. The van der Waals surface area contributed by atoms with E-state index in [1.165, 1.54) is 21.5 Å². The first-order chi connectivity index (χ1) is 30.2. The number of anilines is 3. The SMILES string of the molecule is c1ccc(-c2cc(-c3ccccc3)cc(N(c3ccc4c(c3)c3c5ccccc5ccc3n4-c3ccccc3)c3cccc4nc(-c5cccc6ccccc56)oc34)c2)cc1. The normalized spacial score (nSPS) is 11.6. The molecule has 0 aliphatic rings. The van der Waals surface area contributed by atoms with Crippen LogP contribution in [-0.2, 0) is 0 Å². The van der Waals surface area contributed by atoms with Gasteiger partial charge >= 0.3 is 0 Å². The Labute approximate surface area is 352 Å². The van der Waals surface area contributed by atoms with E-state index in [0.29, 0.717) is 11.5 Å². The highest BCUT2D eigenvalue weighted by molar-refractivity contribution is 6.22. The molecule has 12 rings (SSSR count). The predicted molar refractivity (Wildman–Crippen MR) is 254 cm³/mol. The van der Waals surface area contributed by atoms with Crippen LogP contribution in [-0.4, -0.2) is 9.55 Å². The molecule has 0 atom stereocenters.